The molecule has 25 heavy (non-hydrogen) atoms. The van der Waals surface area contributed by atoms with E-state index in [1.165, 1.54) is 0 Å². The molecule has 138 valence electrons. The fourth-order valence-electron chi connectivity index (χ4n) is 2.02. The second kappa shape index (κ2) is 7.49. The Hall–Kier alpha value is -2.00. The van der Waals surface area contributed by atoms with Crippen LogP contribution in [0.3, 0.4) is 0 Å². The smallest absolute Gasteiger partial charge is 0.406 e. The molecular weight excluding hydrogens is 379 g/mol. The van der Waals surface area contributed by atoms with Crippen molar-refractivity contribution in [2.45, 2.75) is 18.6 Å². The molecule has 0 radical (unpaired) electrons. The van der Waals surface area contributed by atoms with E-state index >= 15 is 0 Å². The van der Waals surface area contributed by atoms with Gasteiger partial charge in [0.25, 0.3) is 0 Å². The van der Waals surface area contributed by atoms with E-state index in [1.54, 1.807) is 0 Å². The summed E-state index contributed by atoms with van der Waals surface area (Å²) in [5, 5.41) is 0. The van der Waals surface area contributed by atoms with Crippen LogP contribution in [-0.2, 0) is 6.18 Å². The SMILES string of the molecule is Cl.N[C@H](c1ccc(OC(F)(F)F)cc1)c1cc(F)cc(C(F)(F)F)c1. The van der Waals surface area contributed by atoms with E-state index in [0.717, 1.165) is 30.3 Å². The molecule has 0 aliphatic heterocycles. The molecule has 0 aliphatic carbocycles. The molecule has 2 N–H and O–H groups in total. The van der Waals surface area contributed by atoms with Gasteiger partial charge in [-0.1, -0.05) is 12.1 Å². The van der Waals surface area contributed by atoms with Crippen molar-refractivity contribution in [1.82, 2.24) is 0 Å². The Morgan fingerprint density at radius 1 is 0.840 bits per heavy atom. The zero-order valence-corrected chi connectivity index (χ0v) is 13.0. The van der Waals surface area contributed by atoms with Crippen molar-refractivity contribution in [3.05, 3.63) is 65.0 Å². The van der Waals surface area contributed by atoms with Crippen LogP contribution >= 0.6 is 12.4 Å². The highest BCUT2D eigenvalue weighted by Gasteiger charge is 2.32. The molecule has 2 nitrogen and oxygen atoms in total. The Morgan fingerprint density at radius 3 is 1.88 bits per heavy atom. The standard InChI is InChI=1S/C15H10F7NO.ClH/c16-11-6-9(5-10(7-11)14(17,18)19)13(23)8-1-3-12(4-2-8)24-15(20,21)22;/h1-7,13H,23H2;1H/t13-;/m1./s1. The molecule has 2 aromatic carbocycles. The molecular formula is C15H11ClF7NO. The monoisotopic (exact) mass is 389 g/mol. The van der Waals surface area contributed by atoms with E-state index in [2.05, 4.69) is 4.74 Å². The van der Waals surface area contributed by atoms with E-state index in [-0.39, 0.29) is 23.5 Å². The van der Waals surface area contributed by atoms with Crippen LogP contribution in [0.1, 0.15) is 22.7 Å². The van der Waals surface area contributed by atoms with Crippen LogP contribution in [0.25, 0.3) is 0 Å². The molecule has 0 aliphatic rings. The minimum atomic E-state index is -4.87. The van der Waals surface area contributed by atoms with Crippen LogP contribution in [-0.4, -0.2) is 6.36 Å². The molecule has 0 bridgehead atoms. The van der Waals surface area contributed by atoms with Gasteiger partial charge >= 0.3 is 12.5 Å². The molecule has 0 fully saturated rings. The predicted molar refractivity (Wildman–Crippen MR) is 77.8 cm³/mol. The molecule has 0 saturated carbocycles. The van der Waals surface area contributed by atoms with Crippen LogP contribution < -0.4 is 10.5 Å². The average Bonchev–Trinajstić information content (AvgIpc) is 2.44. The maximum atomic E-state index is 13.4. The number of nitrogens with two attached hydrogens (primary N) is 1. The number of benzene rings is 2. The van der Waals surface area contributed by atoms with E-state index < -0.39 is 35.7 Å². The minimum absolute atomic E-state index is 0. The summed E-state index contributed by atoms with van der Waals surface area (Å²) in [5.41, 5.74) is 4.61. The van der Waals surface area contributed by atoms with Crippen LogP contribution in [0, 0.1) is 5.82 Å². The van der Waals surface area contributed by atoms with Gasteiger partial charge in [0, 0.05) is 0 Å². The average molecular weight is 390 g/mol. The Morgan fingerprint density at radius 2 is 1.40 bits per heavy atom. The van der Waals surface area contributed by atoms with Gasteiger partial charge in [0.15, 0.2) is 0 Å². The topological polar surface area (TPSA) is 35.2 Å². The third kappa shape index (κ3) is 5.79. The zero-order chi connectivity index (χ0) is 18.1. The summed E-state index contributed by atoms with van der Waals surface area (Å²) in [6, 6.07) is 4.94. The highest BCUT2D eigenvalue weighted by molar-refractivity contribution is 5.85. The molecule has 0 aromatic heterocycles. The predicted octanol–water partition coefficient (Wildman–Crippen LogP) is 5.21. The third-order valence-corrected chi connectivity index (χ3v) is 3.08. The molecule has 2 aromatic rings. The van der Waals surface area contributed by atoms with Crippen molar-refractivity contribution in [3.8, 4) is 5.75 Å². The van der Waals surface area contributed by atoms with Crippen molar-refractivity contribution in [2.75, 3.05) is 0 Å². The second-order valence-corrected chi connectivity index (χ2v) is 4.87. The van der Waals surface area contributed by atoms with E-state index in [9.17, 15) is 30.7 Å². The summed E-state index contributed by atoms with van der Waals surface area (Å²) in [4.78, 5) is 0. The molecule has 0 heterocycles. The van der Waals surface area contributed by atoms with E-state index in [0.29, 0.717) is 12.1 Å². The molecule has 0 saturated heterocycles. The van der Waals surface area contributed by atoms with Crippen LogP contribution in [0.5, 0.6) is 5.75 Å². The quantitative estimate of drug-likeness (QED) is 0.731. The third-order valence-electron chi connectivity index (χ3n) is 3.08. The molecule has 10 heteroatoms. The lowest BCUT2D eigenvalue weighted by Crippen LogP contribution is -2.17. The number of rotatable bonds is 3. The van der Waals surface area contributed by atoms with Gasteiger partial charge in [0.05, 0.1) is 11.6 Å². The first-order valence-electron chi connectivity index (χ1n) is 6.45. The van der Waals surface area contributed by atoms with Gasteiger partial charge in [-0.15, -0.1) is 25.6 Å². The van der Waals surface area contributed by atoms with Crippen molar-refractivity contribution in [2.24, 2.45) is 5.73 Å². The first-order chi connectivity index (χ1) is 11.0. The number of ether oxygens (including phenoxy) is 1. The van der Waals surface area contributed by atoms with Crippen molar-refractivity contribution < 1.29 is 35.5 Å². The first-order valence-corrected chi connectivity index (χ1v) is 6.45. The molecule has 0 spiro atoms. The fourth-order valence-corrected chi connectivity index (χ4v) is 2.02. The molecule has 2 rings (SSSR count). The Balaban J connectivity index is 0.00000312. The van der Waals surface area contributed by atoms with Gasteiger partial charge in [0.2, 0.25) is 0 Å². The largest absolute Gasteiger partial charge is 0.573 e. The Labute approximate surface area is 143 Å². The number of hydrogen-bond acceptors (Lipinski definition) is 2. The summed E-state index contributed by atoms with van der Waals surface area (Å²) in [5.74, 6) is -1.62. The lowest BCUT2D eigenvalue weighted by atomic mass is 9.97. The van der Waals surface area contributed by atoms with E-state index in [4.69, 9.17) is 5.73 Å². The maximum Gasteiger partial charge on any atom is 0.573 e. The molecule has 0 amide bonds. The van der Waals surface area contributed by atoms with Crippen LogP contribution in [0.15, 0.2) is 42.5 Å². The fraction of sp³-hybridized carbons (Fsp3) is 0.200. The molecule has 1 atom stereocenters. The number of alkyl halides is 6. The summed E-state index contributed by atoms with van der Waals surface area (Å²) >= 11 is 0. The van der Waals surface area contributed by atoms with Crippen molar-refractivity contribution in [1.29, 1.82) is 0 Å². The van der Waals surface area contributed by atoms with E-state index in [1.807, 2.05) is 0 Å². The van der Waals surface area contributed by atoms with Gasteiger partial charge < -0.3 is 10.5 Å². The first kappa shape index (κ1) is 21.0. The van der Waals surface area contributed by atoms with Crippen LogP contribution in [0.4, 0.5) is 30.7 Å². The summed E-state index contributed by atoms with van der Waals surface area (Å²) in [6.07, 6.45) is -9.62. The normalized spacial score (nSPS) is 13.1. The van der Waals surface area contributed by atoms with Gasteiger partial charge in [-0.2, -0.15) is 13.2 Å². The van der Waals surface area contributed by atoms with Gasteiger partial charge in [0.1, 0.15) is 11.6 Å². The van der Waals surface area contributed by atoms with Gasteiger partial charge in [-0.25, -0.2) is 4.39 Å². The lowest BCUT2D eigenvalue weighted by Gasteiger charge is -2.16. The number of halogens is 8. The molecule has 0 unspecified atom stereocenters. The highest BCUT2D eigenvalue weighted by atomic mass is 35.5. The lowest BCUT2D eigenvalue weighted by molar-refractivity contribution is -0.274. The summed E-state index contributed by atoms with van der Waals surface area (Å²) in [6.45, 7) is 0. The van der Waals surface area contributed by atoms with Gasteiger partial charge in [-0.3, -0.25) is 0 Å². The Bertz CT molecular complexity index is 713. The number of hydrogen-bond donors (Lipinski definition) is 1. The van der Waals surface area contributed by atoms with Crippen molar-refractivity contribution in [3.63, 3.8) is 0 Å². The zero-order valence-electron chi connectivity index (χ0n) is 12.2. The Kier molecular flexibility index (Phi) is 6.30. The van der Waals surface area contributed by atoms with Crippen molar-refractivity contribution >= 4 is 12.4 Å². The van der Waals surface area contributed by atoms with Crippen LogP contribution in [0.2, 0.25) is 0 Å². The maximum absolute atomic E-state index is 13.4. The summed E-state index contributed by atoms with van der Waals surface area (Å²) in [7, 11) is 0. The van der Waals surface area contributed by atoms with Gasteiger partial charge in [-0.05, 0) is 41.5 Å². The minimum Gasteiger partial charge on any atom is -0.406 e. The second-order valence-electron chi connectivity index (χ2n) is 4.87. The highest BCUT2D eigenvalue weighted by Crippen LogP contribution is 2.33. The summed E-state index contributed by atoms with van der Waals surface area (Å²) < 4.78 is 91.4.